The maximum atomic E-state index is 6.03. The monoisotopic (exact) mass is 287 g/mol. The Bertz CT molecular complexity index is 558. The summed E-state index contributed by atoms with van der Waals surface area (Å²) in [6.45, 7) is 0. The van der Waals surface area contributed by atoms with Gasteiger partial charge in [-0.3, -0.25) is 0 Å². The molecule has 2 aromatic rings. The summed E-state index contributed by atoms with van der Waals surface area (Å²) in [5, 5.41) is 4.30. The molecule has 3 N–H and O–H groups in total. The van der Waals surface area contributed by atoms with E-state index >= 15 is 0 Å². The van der Waals surface area contributed by atoms with Crippen molar-refractivity contribution in [2.24, 2.45) is 0 Å². The van der Waals surface area contributed by atoms with E-state index < -0.39 is 0 Å². The molecule has 0 bridgehead atoms. The van der Waals surface area contributed by atoms with Gasteiger partial charge in [0.2, 0.25) is 0 Å². The molecular weight excluding hydrogens is 281 g/mol. The van der Waals surface area contributed by atoms with Crippen LogP contribution in [0.1, 0.15) is 0 Å². The van der Waals surface area contributed by atoms with Crippen molar-refractivity contribution in [3.05, 3.63) is 45.4 Å². The van der Waals surface area contributed by atoms with E-state index in [0.717, 1.165) is 0 Å². The van der Waals surface area contributed by atoms with Gasteiger partial charge in [0.1, 0.15) is 11.6 Å². The third-order valence-corrected chi connectivity index (χ3v) is 3.08. The molecular formula is C11H8Cl3N3. The molecule has 0 aliphatic rings. The van der Waals surface area contributed by atoms with Crippen molar-refractivity contribution in [2.45, 2.75) is 0 Å². The van der Waals surface area contributed by atoms with Crippen molar-refractivity contribution in [2.75, 3.05) is 11.1 Å². The predicted molar refractivity (Wildman–Crippen MR) is 73.4 cm³/mol. The van der Waals surface area contributed by atoms with Crippen molar-refractivity contribution in [1.29, 1.82) is 0 Å². The van der Waals surface area contributed by atoms with Gasteiger partial charge in [0.05, 0.1) is 20.8 Å². The van der Waals surface area contributed by atoms with E-state index in [1.807, 2.05) is 0 Å². The molecule has 1 heterocycles. The van der Waals surface area contributed by atoms with Crippen LogP contribution in [0, 0.1) is 0 Å². The number of hydrogen-bond acceptors (Lipinski definition) is 3. The van der Waals surface area contributed by atoms with Crippen LogP contribution in [0.15, 0.2) is 30.3 Å². The van der Waals surface area contributed by atoms with E-state index in [0.29, 0.717) is 32.4 Å². The second kappa shape index (κ2) is 5.00. The van der Waals surface area contributed by atoms with Crippen LogP contribution >= 0.6 is 34.8 Å². The molecule has 0 amide bonds. The summed E-state index contributed by atoms with van der Waals surface area (Å²) in [4.78, 5) is 4.09. The number of rotatable bonds is 2. The van der Waals surface area contributed by atoms with Gasteiger partial charge in [-0.05, 0) is 24.3 Å². The first kappa shape index (κ1) is 12.3. The molecule has 0 fully saturated rings. The molecule has 3 nitrogen and oxygen atoms in total. The van der Waals surface area contributed by atoms with Crippen LogP contribution in [0.3, 0.4) is 0 Å². The maximum absolute atomic E-state index is 6.03. The van der Waals surface area contributed by atoms with Crippen LogP contribution in [0.5, 0.6) is 0 Å². The Hall–Kier alpha value is -1.16. The molecule has 0 aliphatic heterocycles. The molecule has 0 saturated heterocycles. The molecule has 6 heteroatoms. The molecule has 1 aromatic carbocycles. The van der Waals surface area contributed by atoms with Crippen LogP contribution in [-0.2, 0) is 0 Å². The topological polar surface area (TPSA) is 50.9 Å². The molecule has 2 rings (SSSR count). The Labute approximate surface area is 114 Å². The second-order valence-corrected chi connectivity index (χ2v) is 4.54. The van der Waals surface area contributed by atoms with Gasteiger partial charge < -0.3 is 11.1 Å². The quantitative estimate of drug-likeness (QED) is 0.807. The number of aromatic nitrogens is 1. The van der Waals surface area contributed by atoms with Crippen LogP contribution < -0.4 is 11.1 Å². The van der Waals surface area contributed by atoms with Crippen LogP contribution in [0.2, 0.25) is 15.1 Å². The van der Waals surface area contributed by atoms with E-state index in [1.54, 1.807) is 30.3 Å². The van der Waals surface area contributed by atoms with Crippen molar-refractivity contribution in [3.8, 4) is 0 Å². The minimum absolute atomic E-state index is 0.405. The highest BCUT2D eigenvalue weighted by molar-refractivity contribution is 6.44. The summed E-state index contributed by atoms with van der Waals surface area (Å²) in [5.41, 5.74) is 6.20. The molecule has 88 valence electrons. The van der Waals surface area contributed by atoms with Crippen LogP contribution in [0.4, 0.5) is 17.3 Å². The highest BCUT2D eigenvalue weighted by Crippen LogP contribution is 2.33. The Balaban J connectivity index is 2.33. The van der Waals surface area contributed by atoms with Gasteiger partial charge in [0, 0.05) is 0 Å². The molecule has 0 radical (unpaired) electrons. The van der Waals surface area contributed by atoms with E-state index in [4.69, 9.17) is 40.5 Å². The van der Waals surface area contributed by atoms with Gasteiger partial charge in [-0.15, -0.1) is 0 Å². The lowest BCUT2D eigenvalue weighted by Crippen LogP contribution is -1.97. The molecule has 0 saturated carbocycles. The lowest BCUT2D eigenvalue weighted by Gasteiger charge is -2.09. The SMILES string of the molecule is Nc1cccc(Nc2cc(Cl)c(Cl)cc2Cl)n1. The highest BCUT2D eigenvalue weighted by atomic mass is 35.5. The smallest absolute Gasteiger partial charge is 0.132 e. The number of hydrogen-bond donors (Lipinski definition) is 2. The number of benzene rings is 1. The minimum atomic E-state index is 0.405. The highest BCUT2D eigenvalue weighted by Gasteiger charge is 2.06. The zero-order chi connectivity index (χ0) is 12.4. The number of nitrogens with zero attached hydrogens (tertiary/aromatic N) is 1. The molecule has 17 heavy (non-hydrogen) atoms. The average molecular weight is 289 g/mol. The first-order valence-corrected chi connectivity index (χ1v) is 5.84. The van der Waals surface area contributed by atoms with Crippen LogP contribution in [0.25, 0.3) is 0 Å². The lowest BCUT2D eigenvalue weighted by atomic mass is 10.3. The summed E-state index contributed by atoms with van der Waals surface area (Å²) in [6, 6.07) is 8.46. The van der Waals surface area contributed by atoms with Gasteiger partial charge >= 0.3 is 0 Å². The zero-order valence-electron chi connectivity index (χ0n) is 8.55. The molecule has 0 atom stereocenters. The molecule has 0 unspecified atom stereocenters. The summed E-state index contributed by atoms with van der Waals surface area (Å²) in [5.74, 6) is 1.01. The fourth-order valence-corrected chi connectivity index (χ4v) is 1.87. The van der Waals surface area contributed by atoms with Gasteiger partial charge in [-0.1, -0.05) is 40.9 Å². The number of nitrogens with one attached hydrogen (secondary N) is 1. The minimum Gasteiger partial charge on any atom is -0.384 e. The van der Waals surface area contributed by atoms with Gasteiger partial charge in [0.25, 0.3) is 0 Å². The molecule has 0 aliphatic carbocycles. The van der Waals surface area contributed by atoms with Crippen LogP contribution in [-0.4, -0.2) is 4.98 Å². The number of pyridine rings is 1. The third-order valence-electron chi connectivity index (χ3n) is 2.04. The first-order chi connectivity index (χ1) is 8.06. The van der Waals surface area contributed by atoms with Crippen molar-refractivity contribution in [3.63, 3.8) is 0 Å². The predicted octanol–water partition coefficient (Wildman–Crippen LogP) is 4.37. The fraction of sp³-hybridized carbons (Fsp3) is 0. The fourth-order valence-electron chi connectivity index (χ4n) is 1.28. The van der Waals surface area contributed by atoms with E-state index in [-0.39, 0.29) is 0 Å². The van der Waals surface area contributed by atoms with Crippen molar-refractivity contribution in [1.82, 2.24) is 4.98 Å². The Kier molecular flexibility index (Phi) is 3.62. The van der Waals surface area contributed by atoms with Crippen molar-refractivity contribution >= 4 is 52.1 Å². The van der Waals surface area contributed by atoms with E-state index in [2.05, 4.69) is 10.3 Å². The molecule has 0 spiro atoms. The summed E-state index contributed by atoms with van der Waals surface area (Å²) >= 11 is 17.8. The Morgan fingerprint density at radius 2 is 1.71 bits per heavy atom. The Morgan fingerprint density at radius 1 is 1.00 bits per heavy atom. The van der Waals surface area contributed by atoms with Crippen molar-refractivity contribution < 1.29 is 0 Å². The van der Waals surface area contributed by atoms with Gasteiger partial charge in [-0.2, -0.15) is 0 Å². The normalized spacial score (nSPS) is 10.3. The summed E-state index contributed by atoms with van der Waals surface area (Å²) < 4.78 is 0. The maximum Gasteiger partial charge on any atom is 0.132 e. The van der Waals surface area contributed by atoms with E-state index in [1.165, 1.54) is 0 Å². The summed E-state index contributed by atoms with van der Waals surface area (Å²) in [7, 11) is 0. The number of nitrogen functional groups attached to an aromatic ring is 1. The number of nitrogens with two attached hydrogens (primary N) is 1. The summed E-state index contributed by atoms with van der Waals surface area (Å²) in [6.07, 6.45) is 0. The van der Waals surface area contributed by atoms with E-state index in [9.17, 15) is 0 Å². The largest absolute Gasteiger partial charge is 0.384 e. The second-order valence-electron chi connectivity index (χ2n) is 3.32. The standard InChI is InChI=1S/C11H8Cl3N3/c12-6-4-8(14)9(5-7(6)13)16-11-3-1-2-10(15)17-11/h1-5H,(H3,15,16,17). The lowest BCUT2D eigenvalue weighted by molar-refractivity contribution is 1.32. The first-order valence-electron chi connectivity index (χ1n) is 4.70. The zero-order valence-corrected chi connectivity index (χ0v) is 10.8. The number of halogens is 3. The third kappa shape index (κ3) is 2.94. The molecule has 1 aromatic heterocycles. The average Bonchev–Trinajstić information content (AvgIpc) is 2.26. The van der Waals surface area contributed by atoms with Gasteiger partial charge in [0.15, 0.2) is 0 Å². The number of anilines is 3. The van der Waals surface area contributed by atoms with Gasteiger partial charge in [-0.25, -0.2) is 4.98 Å². The Morgan fingerprint density at radius 3 is 2.41 bits per heavy atom.